The molecule has 1 atom stereocenters. The second-order valence-electron chi connectivity index (χ2n) is 4.72. The minimum absolute atomic E-state index is 0.0316. The molecule has 4 nitrogen and oxygen atoms in total. The van der Waals surface area contributed by atoms with Crippen molar-refractivity contribution in [2.75, 3.05) is 7.11 Å². The number of amides is 1. The number of hydrogen-bond acceptors (Lipinski definition) is 5. The third-order valence-corrected chi connectivity index (χ3v) is 4.53. The lowest BCUT2D eigenvalue weighted by atomic mass is 10.1. The summed E-state index contributed by atoms with van der Waals surface area (Å²) in [6.07, 6.45) is 2.62. The molecule has 1 amide bonds. The number of thioether (sulfide) groups is 1. The van der Waals surface area contributed by atoms with E-state index >= 15 is 0 Å². The average molecular weight is 358 g/mol. The minimum Gasteiger partial charge on any atom is -0.493 e. The van der Waals surface area contributed by atoms with Crippen molar-refractivity contribution in [1.29, 1.82) is 0 Å². The Kier molecular flexibility index (Phi) is 5.72. The Morgan fingerprint density at radius 2 is 2.23 bits per heavy atom. The lowest BCUT2D eigenvalue weighted by Crippen LogP contribution is -2.17. The van der Waals surface area contributed by atoms with Crippen LogP contribution >= 0.6 is 35.6 Å². The summed E-state index contributed by atoms with van der Waals surface area (Å²) in [6, 6.07) is 3.52. The molecule has 0 radical (unpaired) electrons. The topological polar surface area (TPSA) is 47.6 Å². The van der Waals surface area contributed by atoms with E-state index in [4.69, 9.17) is 33.3 Å². The first-order chi connectivity index (χ1) is 10.4. The minimum atomic E-state index is -0.204. The molecule has 2 rings (SSSR count). The molecular weight excluding hydrogens is 342 g/mol. The number of ether oxygens (including phenoxy) is 2. The van der Waals surface area contributed by atoms with Gasteiger partial charge in [0.2, 0.25) is 0 Å². The molecule has 22 heavy (non-hydrogen) atoms. The molecule has 1 N–H and O–H groups in total. The molecule has 1 aliphatic heterocycles. The number of carbonyl (C=O) groups is 1. The van der Waals surface area contributed by atoms with E-state index in [1.54, 1.807) is 25.3 Å². The predicted molar refractivity (Wildman–Crippen MR) is 94.7 cm³/mol. The fraction of sp³-hybridized carbons (Fsp3) is 0.333. The van der Waals surface area contributed by atoms with Crippen molar-refractivity contribution in [2.24, 2.45) is 0 Å². The number of carbonyl (C=O) groups excluding carboxylic acids is 1. The van der Waals surface area contributed by atoms with Crippen molar-refractivity contribution in [3.63, 3.8) is 0 Å². The van der Waals surface area contributed by atoms with Gasteiger partial charge in [-0.15, -0.1) is 0 Å². The molecule has 0 aromatic heterocycles. The summed E-state index contributed by atoms with van der Waals surface area (Å²) in [5.74, 6) is 0.843. The van der Waals surface area contributed by atoms with Crippen LogP contribution in [0, 0.1) is 0 Å². The Labute approximate surface area is 144 Å². The number of hydrogen-bond donors (Lipinski definition) is 1. The molecule has 118 valence electrons. The smallest absolute Gasteiger partial charge is 0.263 e. The second kappa shape index (κ2) is 7.35. The number of halogens is 1. The Morgan fingerprint density at radius 3 is 2.77 bits per heavy atom. The SMILES string of the molecule is CCC(C)Oc1c(Cl)cc(C=C2SC(=S)NC2=O)cc1OC. The standard InChI is InChI=1S/C15H16ClNO3S2/c1-4-8(2)20-13-10(16)5-9(6-11(13)19-3)7-12-14(18)17-15(21)22-12/h5-8H,4H2,1-3H3,(H,17,18,21). The first-order valence-corrected chi connectivity index (χ1v) is 8.34. The molecule has 0 aliphatic carbocycles. The zero-order chi connectivity index (χ0) is 16.3. The van der Waals surface area contributed by atoms with Gasteiger partial charge in [0.25, 0.3) is 5.91 Å². The van der Waals surface area contributed by atoms with Crippen LogP contribution in [0.4, 0.5) is 0 Å². The van der Waals surface area contributed by atoms with Crippen LogP contribution in [0.25, 0.3) is 6.08 Å². The third-order valence-electron chi connectivity index (χ3n) is 3.09. The highest BCUT2D eigenvalue weighted by Gasteiger charge is 2.22. The fourth-order valence-electron chi connectivity index (χ4n) is 1.79. The van der Waals surface area contributed by atoms with Crippen LogP contribution in [-0.4, -0.2) is 23.4 Å². The summed E-state index contributed by atoms with van der Waals surface area (Å²) in [5.41, 5.74) is 0.751. The zero-order valence-electron chi connectivity index (χ0n) is 12.4. The quantitative estimate of drug-likeness (QED) is 0.637. The summed E-state index contributed by atoms with van der Waals surface area (Å²) in [7, 11) is 1.55. The molecular formula is C15H16ClNO3S2. The van der Waals surface area contributed by atoms with Crippen molar-refractivity contribution in [3.8, 4) is 11.5 Å². The van der Waals surface area contributed by atoms with E-state index in [9.17, 15) is 4.79 Å². The maximum Gasteiger partial charge on any atom is 0.263 e. The summed E-state index contributed by atoms with van der Waals surface area (Å²) in [4.78, 5) is 12.2. The first-order valence-electron chi connectivity index (χ1n) is 6.73. The molecule has 1 heterocycles. The van der Waals surface area contributed by atoms with Crippen LogP contribution in [0.1, 0.15) is 25.8 Å². The molecule has 1 saturated heterocycles. The van der Waals surface area contributed by atoms with Crippen molar-refractivity contribution in [3.05, 3.63) is 27.6 Å². The molecule has 0 bridgehead atoms. The number of methoxy groups -OCH3 is 1. The van der Waals surface area contributed by atoms with Crippen molar-refractivity contribution in [2.45, 2.75) is 26.4 Å². The highest BCUT2D eigenvalue weighted by molar-refractivity contribution is 8.26. The van der Waals surface area contributed by atoms with E-state index in [2.05, 4.69) is 5.32 Å². The first kappa shape index (κ1) is 17.1. The Bertz CT molecular complexity index is 646. The zero-order valence-corrected chi connectivity index (χ0v) is 14.8. The molecule has 0 spiro atoms. The maximum absolute atomic E-state index is 11.7. The number of benzene rings is 1. The van der Waals surface area contributed by atoms with Gasteiger partial charge in [-0.1, -0.05) is 42.5 Å². The Balaban J connectivity index is 2.35. The van der Waals surface area contributed by atoms with Gasteiger partial charge in [-0.2, -0.15) is 0 Å². The van der Waals surface area contributed by atoms with Crippen molar-refractivity contribution < 1.29 is 14.3 Å². The van der Waals surface area contributed by atoms with Gasteiger partial charge >= 0.3 is 0 Å². The van der Waals surface area contributed by atoms with Gasteiger partial charge in [0.1, 0.15) is 4.32 Å². The van der Waals surface area contributed by atoms with Gasteiger partial charge in [0, 0.05) is 0 Å². The number of nitrogens with one attached hydrogen (secondary N) is 1. The normalized spacial score (nSPS) is 17.5. The molecule has 1 aromatic carbocycles. The van der Waals surface area contributed by atoms with Crippen molar-refractivity contribution in [1.82, 2.24) is 5.32 Å². The van der Waals surface area contributed by atoms with E-state index in [0.29, 0.717) is 25.7 Å². The lowest BCUT2D eigenvalue weighted by molar-refractivity contribution is -0.115. The summed E-state index contributed by atoms with van der Waals surface area (Å²) >= 11 is 12.5. The number of thiocarbonyl (C=S) groups is 1. The van der Waals surface area contributed by atoms with Gasteiger partial charge in [-0.3, -0.25) is 4.79 Å². The van der Waals surface area contributed by atoms with E-state index < -0.39 is 0 Å². The van der Waals surface area contributed by atoms with Gasteiger partial charge in [0.15, 0.2) is 11.5 Å². The Morgan fingerprint density at radius 1 is 1.50 bits per heavy atom. The maximum atomic E-state index is 11.7. The van der Waals surface area contributed by atoms with Crippen LogP contribution in [0.15, 0.2) is 17.0 Å². The highest BCUT2D eigenvalue weighted by Crippen LogP contribution is 2.38. The van der Waals surface area contributed by atoms with Crippen molar-refractivity contribution >= 4 is 51.9 Å². The molecule has 1 aromatic rings. The van der Waals surface area contributed by atoms with Crippen LogP contribution in [-0.2, 0) is 4.79 Å². The van der Waals surface area contributed by atoms with Gasteiger partial charge < -0.3 is 14.8 Å². The van der Waals surface area contributed by atoms with Gasteiger partial charge in [0.05, 0.1) is 23.1 Å². The molecule has 1 unspecified atom stereocenters. The Hall–Kier alpha value is -1.24. The summed E-state index contributed by atoms with van der Waals surface area (Å²) < 4.78 is 11.6. The third kappa shape index (κ3) is 3.94. The van der Waals surface area contributed by atoms with E-state index in [0.717, 1.165) is 12.0 Å². The summed E-state index contributed by atoms with van der Waals surface area (Å²) in [6.45, 7) is 3.99. The number of rotatable bonds is 5. The van der Waals surface area contributed by atoms with Gasteiger partial charge in [-0.05, 0) is 37.1 Å². The van der Waals surface area contributed by atoms with Crippen LogP contribution in [0.5, 0.6) is 11.5 Å². The largest absolute Gasteiger partial charge is 0.493 e. The highest BCUT2D eigenvalue weighted by atomic mass is 35.5. The van der Waals surface area contributed by atoms with E-state index in [1.165, 1.54) is 11.8 Å². The fourth-order valence-corrected chi connectivity index (χ4v) is 3.10. The molecule has 0 saturated carbocycles. The second-order valence-corrected chi connectivity index (χ2v) is 6.85. The van der Waals surface area contributed by atoms with Crippen LogP contribution in [0.2, 0.25) is 5.02 Å². The molecule has 1 aliphatic rings. The summed E-state index contributed by atoms with van der Waals surface area (Å²) in [5, 5.41) is 3.02. The monoisotopic (exact) mass is 357 g/mol. The van der Waals surface area contributed by atoms with E-state index in [1.807, 2.05) is 13.8 Å². The average Bonchev–Trinajstić information content (AvgIpc) is 2.79. The molecule has 7 heteroatoms. The van der Waals surface area contributed by atoms with Gasteiger partial charge in [-0.25, -0.2) is 0 Å². The lowest BCUT2D eigenvalue weighted by Gasteiger charge is -2.17. The predicted octanol–water partition coefficient (Wildman–Crippen LogP) is 4.01. The molecule has 1 fully saturated rings. The van der Waals surface area contributed by atoms with E-state index in [-0.39, 0.29) is 12.0 Å². The van der Waals surface area contributed by atoms with Crippen LogP contribution < -0.4 is 14.8 Å². The van der Waals surface area contributed by atoms with Crippen LogP contribution in [0.3, 0.4) is 0 Å².